The predicted molar refractivity (Wildman–Crippen MR) is 124 cm³/mol. The molecule has 0 saturated carbocycles. The van der Waals surface area contributed by atoms with Gasteiger partial charge < -0.3 is 0 Å². The maximum atomic E-state index is 12.4. The van der Waals surface area contributed by atoms with Crippen molar-refractivity contribution >= 4 is 16.2 Å². The lowest BCUT2D eigenvalue weighted by Gasteiger charge is -2.25. The van der Waals surface area contributed by atoms with Crippen LogP contribution in [0.5, 0.6) is 0 Å². The van der Waals surface area contributed by atoms with Crippen LogP contribution in [-0.2, 0) is 28.6 Å². The van der Waals surface area contributed by atoms with Gasteiger partial charge in [-0.25, -0.2) is 9.07 Å². The Morgan fingerprint density at radius 3 is 1.87 bits per heavy atom. The highest BCUT2D eigenvalue weighted by atomic mass is 32.3. The summed E-state index contributed by atoms with van der Waals surface area (Å²) in [6, 6.07) is 0. The molecule has 0 saturated heterocycles. The number of unbranched alkanes of at least 4 members (excludes halogenated alkanes) is 11. The fourth-order valence-electron chi connectivity index (χ4n) is 3.17. The predicted octanol–water partition coefficient (Wildman–Crippen LogP) is 5.89. The first-order chi connectivity index (χ1) is 14.8. The van der Waals surface area contributed by atoms with E-state index in [-0.39, 0.29) is 19.4 Å². The number of carbonyl (C=O) groups is 1. The molecular formula is C23H45NO6S. The molecule has 31 heavy (non-hydrogen) atoms. The summed E-state index contributed by atoms with van der Waals surface area (Å²) in [5.41, 5.74) is 3.95. The van der Waals surface area contributed by atoms with Crippen LogP contribution in [0.15, 0.2) is 12.2 Å². The van der Waals surface area contributed by atoms with Crippen molar-refractivity contribution in [3.05, 3.63) is 12.2 Å². The molecule has 7 nitrogen and oxygen atoms in total. The molecule has 0 rings (SSSR count). The molecule has 0 spiro atoms. The zero-order chi connectivity index (χ0) is 23.4. The van der Waals surface area contributed by atoms with E-state index < -0.39 is 21.9 Å². The Morgan fingerprint density at radius 1 is 0.839 bits per heavy atom. The van der Waals surface area contributed by atoms with Crippen molar-refractivity contribution in [1.29, 1.82) is 0 Å². The van der Waals surface area contributed by atoms with Gasteiger partial charge in [0.05, 0.1) is 6.61 Å². The highest BCUT2D eigenvalue weighted by Crippen LogP contribution is 2.19. The molecule has 0 aliphatic carbocycles. The van der Waals surface area contributed by atoms with E-state index in [9.17, 15) is 13.2 Å². The second kappa shape index (κ2) is 18.7. The van der Waals surface area contributed by atoms with Crippen LogP contribution >= 0.6 is 0 Å². The van der Waals surface area contributed by atoms with Crippen LogP contribution < -0.4 is 5.73 Å². The van der Waals surface area contributed by atoms with Gasteiger partial charge in [-0.15, -0.1) is 0 Å². The Labute approximate surface area is 190 Å². The highest BCUT2D eigenvalue weighted by Gasteiger charge is 2.38. The molecule has 1 unspecified atom stereocenters. The summed E-state index contributed by atoms with van der Waals surface area (Å²) < 4.78 is 32.3. The molecule has 1 atom stereocenters. The zero-order valence-corrected chi connectivity index (χ0v) is 20.7. The molecule has 0 aromatic rings. The van der Waals surface area contributed by atoms with E-state index in [1.54, 1.807) is 13.8 Å². The molecular weight excluding hydrogens is 418 g/mol. The fraction of sp³-hybridized carbons (Fsp3) is 0.870. The minimum absolute atomic E-state index is 0.0195. The van der Waals surface area contributed by atoms with Gasteiger partial charge in [-0.3, -0.25) is 10.5 Å². The first-order valence-corrected chi connectivity index (χ1v) is 13.4. The van der Waals surface area contributed by atoms with Crippen molar-refractivity contribution < 1.29 is 26.6 Å². The summed E-state index contributed by atoms with van der Waals surface area (Å²) in [7, 11) is -4.49. The van der Waals surface area contributed by atoms with E-state index in [2.05, 4.69) is 28.3 Å². The van der Waals surface area contributed by atoms with E-state index in [4.69, 9.17) is 9.92 Å². The quantitative estimate of drug-likeness (QED) is 0.0701. The number of Topliss-reactive ketones (excluding diaryl/α,β-unsaturated/α-hetero) is 1. The molecule has 2 N–H and O–H groups in total. The third-order valence-corrected chi connectivity index (χ3v) is 5.93. The van der Waals surface area contributed by atoms with Crippen LogP contribution in [0.25, 0.3) is 0 Å². The average molecular weight is 464 g/mol. The van der Waals surface area contributed by atoms with Crippen molar-refractivity contribution in [3.8, 4) is 0 Å². The molecule has 184 valence electrons. The summed E-state index contributed by atoms with van der Waals surface area (Å²) in [5.74, 6) is -0.448. The van der Waals surface area contributed by atoms with Crippen molar-refractivity contribution in [2.45, 2.75) is 123 Å². The van der Waals surface area contributed by atoms with E-state index in [1.165, 1.54) is 44.9 Å². The number of hydrogen-bond donors (Lipinski definition) is 1. The van der Waals surface area contributed by atoms with Crippen molar-refractivity contribution in [2.24, 2.45) is 5.73 Å². The number of rotatable bonds is 22. The van der Waals surface area contributed by atoms with Crippen molar-refractivity contribution in [1.82, 2.24) is 0 Å². The standard InChI is InChI=1S/C23H45NO6S/c1-4-7-8-9-10-11-12-13-14-15-16-17-18-19-20-21-22(25)23(24,5-2)29-31(26,27)30-28-6-3/h13-14H,4-12,15-21,24H2,1-3H3/b14-13-. The van der Waals surface area contributed by atoms with Gasteiger partial charge in [-0.2, -0.15) is 8.42 Å². The maximum Gasteiger partial charge on any atom is 0.428 e. The van der Waals surface area contributed by atoms with Gasteiger partial charge in [-0.1, -0.05) is 81.7 Å². The van der Waals surface area contributed by atoms with Gasteiger partial charge in [0, 0.05) is 6.42 Å². The van der Waals surface area contributed by atoms with Gasteiger partial charge in [0.2, 0.25) is 0 Å². The topological polar surface area (TPSA) is 105 Å². The van der Waals surface area contributed by atoms with Crippen molar-refractivity contribution in [3.63, 3.8) is 0 Å². The molecule has 0 aliphatic heterocycles. The van der Waals surface area contributed by atoms with E-state index >= 15 is 0 Å². The van der Waals surface area contributed by atoms with Crippen molar-refractivity contribution in [2.75, 3.05) is 6.61 Å². The molecule has 0 aliphatic rings. The van der Waals surface area contributed by atoms with Gasteiger partial charge in [0.25, 0.3) is 0 Å². The van der Waals surface area contributed by atoms with Gasteiger partial charge in [0.1, 0.15) is 0 Å². The van der Waals surface area contributed by atoms with Crippen LogP contribution in [0.2, 0.25) is 0 Å². The second-order valence-corrected chi connectivity index (χ2v) is 9.09. The number of hydrogen-bond acceptors (Lipinski definition) is 7. The number of allylic oxidation sites excluding steroid dienone is 2. The van der Waals surface area contributed by atoms with Crippen LogP contribution in [0.4, 0.5) is 0 Å². The zero-order valence-electron chi connectivity index (χ0n) is 19.9. The smallest absolute Gasteiger partial charge is 0.296 e. The molecule has 0 heterocycles. The molecule has 0 aromatic heterocycles. The maximum absolute atomic E-state index is 12.4. The number of ketones is 1. The molecule has 0 bridgehead atoms. The molecule has 0 amide bonds. The summed E-state index contributed by atoms with van der Waals surface area (Å²) in [4.78, 5) is 16.7. The monoisotopic (exact) mass is 463 g/mol. The lowest BCUT2D eigenvalue weighted by Crippen LogP contribution is -2.51. The minimum atomic E-state index is -4.49. The first-order valence-electron chi connectivity index (χ1n) is 12.0. The summed E-state index contributed by atoms with van der Waals surface area (Å²) in [6.07, 6.45) is 19.9. The van der Waals surface area contributed by atoms with Crippen LogP contribution in [0.3, 0.4) is 0 Å². The largest absolute Gasteiger partial charge is 0.428 e. The van der Waals surface area contributed by atoms with Crippen LogP contribution in [0.1, 0.15) is 117 Å². The molecule has 0 radical (unpaired) electrons. The van der Waals surface area contributed by atoms with E-state index in [0.29, 0.717) is 6.42 Å². The molecule has 0 aromatic carbocycles. The summed E-state index contributed by atoms with van der Waals surface area (Å²) >= 11 is 0. The SMILES string of the molecule is CCCCCCCC/C=C\CCCCCCCC(=O)C(N)(CC)OS(=O)(=O)OOCC. The summed E-state index contributed by atoms with van der Waals surface area (Å²) in [5, 5.41) is 0. The molecule has 8 heteroatoms. The highest BCUT2D eigenvalue weighted by molar-refractivity contribution is 7.81. The lowest BCUT2D eigenvalue weighted by atomic mass is 10.00. The minimum Gasteiger partial charge on any atom is -0.296 e. The van der Waals surface area contributed by atoms with E-state index in [0.717, 1.165) is 32.1 Å². The van der Waals surface area contributed by atoms with Crippen LogP contribution in [-0.4, -0.2) is 26.5 Å². The Bertz CT molecular complexity index is 579. The Balaban J connectivity index is 3.84. The first kappa shape index (κ1) is 30.2. The fourth-order valence-corrected chi connectivity index (χ4v) is 3.99. The normalized spacial score (nSPS) is 14.2. The molecule has 0 fully saturated rings. The van der Waals surface area contributed by atoms with E-state index in [1.807, 2.05) is 0 Å². The lowest BCUT2D eigenvalue weighted by molar-refractivity contribution is -0.209. The third-order valence-electron chi connectivity index (χ3n) is 5.16. The average Bonchev–Trinajstić information content (AvgIpc) is 2.74. The van der Waals surface area contributed by atoms with Gasteiger partial charge in [-0.05, 0) is 45.4 Å². The summed E-state index contributed by atoms with van der Waals surface area (Å²) in [6.45, 7) is 5.41. The Morgan fingerprint density at radius 2 is 1.35 bits per heavy atom. The van der Waals surface area contributed by atoms with Gasteiger partial charge >= 0.3 is 10.4 Å². The number of nitrogens with two attached hydrogens (primary N) is 1. The van der Waals surface area contributed by atoms with Crippen LogP contribution in [0, 0.1) is 0 Å². The second-order valence-electron chi connectivity index (χ2n) is 7.97. The number of carbonyl (C=O) groups excluding carboxylic acids is 1. The Kier molecular flexibility index (Phi) is 18.3. The third kappa shape index (κ3) is 16.5. The van der Waals surface area contributed by atoms with Gasteiger partial charge in [0.15, 0.2) is 11.5 Å². The Hall–Kier alpha value is -0.800.